The van der Waals surface area contributed by atoms with E-state index in [0.29, 0.717) is 22.8 Å². The summed E-state index contributed by atoms with van der Waals surface area (Å²) in [6, 6.07) is 6.20. The van der Waals surface area contributed by atoms with Gasteiger partial charge in [0.05, 0.1) is 11.1 Å². The quantitative estimate of drug-likeness (QED) is 0.634. The van der Waals surface area contributed by atoms with E-state index in [0.717, 1.165) is 12.1 Å². The van der Waals surface area contributed by atoms with E-state index in [9.17, 15) is 21.6 Å². The lowest BCUT2D eigenvalue weighted by atomic mass is 10.1. The molecule has 3 aromatic rings. The molecule has 0 spiro atoms. The monoisotopic (exact) mass is 425 g/mol. The average molecular weight is 425 g/mol. The van der Waals surface area contributed by atoms with Gasteiger partial charge in [-0.25, -0.2) is 23.1 Å². The molecule has 0 saturated heterocycles. The lowest BCUT2D eigenvalue weighted by molar-refractivity contribution is -0.137. The largest absolute Gasteiger partial charge is 0.416 e. The van der Waals surface area contributed by atoms with Crippen LogP contribution in [0.5, 0.6) is 0 Å². The predicted molar refractivity (Wildman–Crippen MR) is 101 cm³/mol. The van der Waals surface area contributed by atoms with Crippen molar-refractivity contribution < 1.29 is 21.6 Å². The van der Waals surface area contributed by atoms with E-state index in [1.807, 2.05) is 0 Å². The first kappa shape index (κ1) is 20.8. The summed E-state index contributed by atoms with van der Waals surface area (Å²) in [5.41, 5.74) is 0.327. The normalized spacial score (nSPS) is 12.2. The van der Waals surface area contributed by atoms with Gasteiger partial charge >= 0.3 is 6.18 Å². The van der Waals surface area contributed by atoms with Gasteiger partial charge in [-0.15, -0.1) is 0 Å². The molecule has 0 saturated carbocycles. The van der Waals surface area contributed by atoms with Crippen LogP contribution in [0.25, 0.3) is 11.4 Å². The third-order valence-electron chi connectivity index (χ3n) is 4.24. The number of rotatable bonds is 6. The molecule has 11 heteroatoms. The molecule has 0 unspecified atom stereocenters. The molecular weight excluding hydrogens is 407 g/mol. The molecule has 0 amide bonds. The minimum absolute atomic E-state index is 0.0296. The minimum atomic E-state index is -4.40. The summed E-state index contributed by atoms with van der Waals surface area (Å²) in [5.74, 6) is 0.842. The second kappa shape index (κ2) is 7.84. The van der Waals surface area contributed by atoms with Gasteiger partial charge in [0.1, 0.15) is 16.5 Å². The van der Waals surface area contributed by atoms with Gasteiger partial charge in [-0.2, -0.15) is 13.2 Å². The second-order valence-corrected chi connectivity index (χ2v) is 8.07. The number of imidazole rings is 1. The highest BCUT2D eigenvalue weighted by molar-refractivity contribution is 7.89. The Morgan fingerprint density at radius 3 is 2.38 bits per heavy atom. The van der Waals surface area contributed by atoms with Crippen LogP contribution in [0.3, 0.4) is 0 Å². The Bertz CT molecular complexity index is 1110. The number of nitrogens with zero attached hydrogens (tertiary/aromatic N) is 3. The van der Waals surface area contributed by atoms with Crippen LogP contribution in [-0.2, 0) is 29.8 Å². The van der Waals surface area contributed by atoms with Gasteiger partial charge in [-0.05, 0) is 30.8 Å². The number of sulfonamides is 1. The van der Waals surface area contributed by atoms with Gasteiger partial charge < -0.3 is 9.88 Å². The number of anilines is 1. The summed E-state index contributed by atoms with van der Waals surface area (Å²) in [5, 5.41) is 3.04. The number of benzene rings is 1. The van der Waals surface area contributed by atoms with Crippen molar-refractivity contribution >= 4 is 15.8 Å². The second-order valence-electron chi connectivity index (χ2n) is 6.18. The Morgan fingerprint density at radius 2 is 1.83 bits per heavy atom. The summed E-state index contributed by atoms with van der Waals surface area (Å²) < 4.78 is 66.3. The van der Waals surface area contributed by atoms with E-state index >= 15 is 0 Å². The number of nitrogens with one attached hydrogen (secondary N) is 2. The summed E-state index contributed by atoms with van der Waals surface area (Å²) in [6.45, 7) is 0.195. The molecule has 0 atom stereocenters. The number of alkyl halides is 3. The molecule has 0 aliphatic rings. The van der Waals surface area contributed by atoms with Crippen molar-refractivity contribution in [3.05, 3.63) is 60.0 Å². The third-order valence-corrected chi connectivity index (χ3v) is 5.63. The molecule has 0 aliphatic carbocycles. The highest BCUT2D eigenvalue weighted by Gasteiger charge is 2.29. The van der Waals surface area contributed by atoms with Crippen LogP contribution >= 0.6 is 0 Å². The van der Waals surface area contributed by atoms with Crippen LogP contribution in [0.1, 0.15) is 11.1 Å². The summed E-state index contributed by atoms with van der Waals surface area (Å²) >= 11 is 0. The van der Waals surface area contributed by atoms with Crippen LogP contribution in [0.15, 0.2) is 53.8 Å². The smallest absolute Gasteiger partial charge is 0.365 e. The van der Waals surface area contributed by atoms with Gasteiger partial charge in [-0.3, -0.25) is 0 Å². The Kier molecular flexibility index (Phi) is 5.62. The van der Waals surface area contributed by atoms with Crippen LogP contribution in [-0.4, -0.2) is 30.0 Å². The lowest BCUT2D eigenvalue weighted by Crippen LogP contribution is -2.19. The van der Waals surface area contributed by atoms with Crippen LogP contribution in [0.4, 0.5) is 19.0 Å². The van der Waals surface area contributed by atoms with Crippen LogP contribution < -0.4 is 10.0 Å². The molecular formula is C18H18F3N5O2S. The van der Waals surface area contributed by atoms with Crippen molar-refractivity contribution in [3.63, 3.8) is 0 Å². The molecule has 3 rings (SSSR count). The van der Waals surface area contributed by atoms with E-state index in [2.05, 4.69) is 20.0 Å². The van der Waals surface area contributed by atoms with Crippen molar-refractivity contribution in [2.45, 2.75) is 17.6 Å². The fourth-order valence-electron chi connectivity index (χ4n) is 2.64. The zero-order valence-corrected chi connectivity index (χ0v) is 16.3. The summed E-state index contributed by atoms with van der Waals surface area (Å²) in [4.78, 5) is 8.40. The number of hydrogen-bond acceptors (Lipinski definition) is 5. The summed E-state index contributed by atoms with van der Waals surface area (Å²) in [6.07, 6.45) is 0.0727. The van der Waals surface area contributed by atoms with Crippen molar-refractivity contribution in [2.24, 2.45) is 7.05 Å². The SMILES string of the molecule is CNS(=O)(=O)c1cnc(NCc2ccc(C(F)(F)F)cc2)c(-c2nccn2C)c1. The molecule has 2 N–H and O–H groups in total. The van der Waals surface area contributed by atoms with E-state index in [1.54, 1.807) is 24.0 Å². The van der Waals surface area contributed by atoms with E-state index in [1.165, 1.54) is 31.4 Å². The first-order chi connectivity index (χ1) is 13.6. The van der Waals surface area contributed by atoms with Crippen molar-refractivity contribution in [1.82, 2.24) is 19.3 Å². The van der Waals surface area contributed by atoms with E-state index in [-0.39, 0.29) is 11.4 Å². The summed E-state index contributed by atoms with van der Waals surface area (Å²) in [7, 11) is -0.662. The molecule has 1 aromatic carbocycles. The molecule has 154 valence electrons. The Balaban J connectivity index is 1.92. The van der Waals surface area contributed by atoms with Crippen LogP contribution in [0, 0.1) is 0 Å². The van der Waals surface area contributed by atoms with E-state index in [4.69, 9.17) is 0 Å². The fourth-order valence-corrected chi connectivity index (χ4v) is 3.34. The maximum Gasteiger partial charge on any atom is 0.416 e. The molecule has 0 bridgehead atoms. The van der Waals surface area contributed by atoms with Crippen LogP contribution in [0.2, 0.25) is 0 Å². The number of hydrogen-bond donors (Lipinski definition) is 2. The van der Waals surface area contributed by atoms with E-state index < -0.39 is 21.8 Å². The lowest BCUT2D eigenvalue weighted by Gasteiger charge is -2.13. The highest BCUT2D eigenvalue weighted by Crippen LogP contribution is 2.30. The Labute approximate surface area is 165 Å². The zero-order valence-electron chi connectivity index (χ0n) is 15.5. The van der Waals surface area contributed by atoms with Gasteiger partial charge in [0, 0.05) is 32.2 Å². The van der Waals surface area contributed by atoms with Gasteiger partial charge in [0.15, 0.2) is 0 Å². The number of aromatic nitrogens is 3. The molecule has 0 fully saturated rings. The maximum atomic E-state index is 12.7. The molecule has 2 aromatic heterocycles. The first-order valence-corrected chi connectivity index (χ1v) is 9.91. The Hall–Kier alpha value is -2.92. The van der Waals surface area contributed by atoms with Crippen molar-refractivity contribution in [3.8, 4) is 11.4 Å². The average Bonchev–Trinajstić information content (AvgIpc) is 3.11. The number of aryl methyl sites for hydroxylation is 1. The predicted octanol–water partition coefficient (Wildman–Crippen LogP) is 3.02. The zero-order chi connectivity index (χ0) is 21.2. The van der Waals surface area contributed by atoms with Crippen molar-refractivity contribution in [2.75, 3.05) is 12.4 Å². The Morgan fingerprint density at radius 1 is 1.14 bits per heavy atom. The fraction of sp³-hybridized carbons (Fsp3) is 0.222. The highest BCUT2D eigenvalue weighted by atomic mass is 32.2. The van der Waals surface area contributed by atoms with Gasteiger partial charge in [0.2, 0.25) is 10.0 Å². The van der Waals surface area contributed by atoms with Gasteiger partial charge in [0.25, 0.3) is 0 Å². The minimum Gasteiger partial charge on any atom is -0.365 e. The first-order valence-electron chi connectivity index (χ1n) is 8.43. The topological polar surface area (TPSA) is 88.9 Å². The molecule has 0 aliphatic heterocycles. The van der Waals surface area contributed by atoms with Gasteiger partial charge in [-0.1, -0.05) is 12.1 Å². The molecule has 2 heterocycles. The van der Waals surface area contributed by atoms with Crippen molar-refractivity contribution in [1.29, 1.82) is 0 Å². The number of halogens is 3. The molecule has 29 heavy (non-hydrogen) atoms. The molecule has 7 nitrogen and oxygen atoms in total. The molecule has 0 radical (unpaired) electrons. The number of pyridine rings is 1. The standard InChI is InChI=1S/C18H18F3N5O2S/c1-22-29(27,28)14-9-15(17-23-7-8-26(17)2)16(25-11-14)24-10-12-3-5-13(6-4-12)18(19,20)21/h3-9,11,22H,10H2,1-2H3,(H,24,25). The maximum absolute atomic E-state index is 12.7. The third kappa shape index (κ3) is 4.57.